The Bertz CT molecular complexity index is 1460. The number of anilines is 3. The highest BCUT2D eigenvalue weighted by molar-refractivity contribution is 7.89. The van der Waals surface area contributed by atoms with Crippen molar-refractivity contribution in [2.75, 3.05) is 36.5 Å². The lowest BCUT2D eigenvalue weighted by Crippen LogP contribution is -2.29. The van der Waals surface area contributed by atoms with E-state index in [-0.39, 0.29) is 17.4 Å². The number of nitrogens with one attached hydrogen (secondary N) is 1. The van der Waals surface area contributed by atoms with Crippen LogP contribution in [-0.4, -0.2) is 62.1 Å². The highest BCUT2D eigenvalue weighted by Gasteiger charge is 2.30. The van der Waals surface area contributed by atoms with Gasteiger partial charge in [-0.3, -0.25) is 9.59 Å². The van der Waals surface area contributed by atoms with Gasteiger partial charge in [0.05, 0.1) is 22.8 Å². The molecular formula is C25H27N5O6S. The normalized spacial score (nSPS) is 13.1. The average Bonchev–Trinajstić information content (AvgIpc) is 2.96. The Hall–Kier alpha value is -4.03. The lowest BCUT2D eigenvalue weighted by atomic mass is 10.1. The minimum absolute atomic E-state index is 0.0489. The van der Waals surface area contributed by atoms with E-state index in [0.29, 0.717) is 47.2 Å². The monoisotopic (exact) mass is 525 g/mol. The van der Waals surface area contributed by atoms with E-state index in [1.165, 1.54) is 18.2 Å². The van der Waals surface area contributed by atoms with Gasteiger partial charge in [-0.05, 0) is 61.4 Å². The fourth-order valence-electron chi connectivity index (χ4n) is 4.03. The van der Waals surface area contributed by atoms with Crippen LogP contribution in [0.2, 0.25) is 0 Å². The molecule has 0 fully saturated rings. The zero-order chi connectivity index (χ0) is 26.7. The van der Waals surface area contributed by atoms with Crippen LogP contribution in [0.3, 0.4) is 0 Å². The molecule has 0 saturated carbocycles. The Balaban J connectivity index is 1.48. The molecule has 0 aliphatic carbocycles. The molecule has 2 N–H and O–H groups in total. The van der Waals surface area contributed by atoms with Gasteiger partial charge < -0.3 is 19.6 Å². The van der Waals surface area contributed by atoms with E-state index >= 15 is 0 Å². The fourth-order valence-corrected chi connectivity index (χ4v) is 5.09. The lowest BCUT2D eigenvalue weighted by Gasteiger charge is -2.22. The molecule has 0 spiro atoms. The number of sulfonamides is 1. The number of fused-ring (bicyclic) bond motifs is 2. The van der Waals surface area contributed by atoms with Crippen molar-refractivity contribution < 1.29 is 27.9 Å². The number of rotatable bonds is 9. The number of carboxylic acid groups (broad SMARTS) is 1. The number of benzene rings is 1. The van der Waals surface area contributed by atoms with Crippen LogP contribution in [0.1, 0.15) is 28.4 Å². The van der Waals surface area contributed by atoms with Gasteiger partial charge in [0.1, 0.15) is 18.1 Å². The van der Waals surface area contributed by atoms with Gasteiger partial charge in [0.2, 0.25) is 10.0 Å². The van der Waals surface area contributed by atoms with Crippen molar-refractivity contribution in [3.63, 3.8) is 0 Å². The van der Waals surface area contributed by atoms with Crippen LogP contribution in [0.25, 0.3) is 0 Å². The standard InChI is InChI=1S/C25H27N5O6S/c1-4-30-23-19(25(33)29(3)20-6-5-10-26-24(20)30)13-17(14-27-23)9-11-36-21-8-7-18(12-16(21)2)37(34,35)28-15-22(31)32/h5-8,10,12-14,28H,4,9,11,15H2,1-3H3,(H,31,32). The van der Waals surface area contributed by atoms with Crippen LogP contribution in [0.4, 0.5) is 17.3 Å². The average molecular weight is 526 g/mol. The van der Waals surface area contributed by atoms with Crippen molar-refractivity contribution >= 4 is 39.2 Å². The molecule has 0 radical (unpaired) electrons. The molecular weight excluding hydrogens is 498 g/mol. The summed E-state index contributed by atoms with van der Waals surface area (Å²) in [4.78, 5) is 36.4. The van der Waals surface area contributed by atoms with Crippen molar-refractivity contribution in [2.24, 2.45) is 0 Å². The molecule has 0 unspecified atom stereocenters. The van der Waals surface area contributed by atoms with Crippen molar-refractivity contribution in [1.82, 2.24) is 14.7 Å². The number of aryl methyl sites for hydroxylation is 1. The van der Waals surface area contributed by atoms with Gasteiger partial charge in [0.15, 0.2) is 5.82 Å². The summed E-state index contributed by atoms with van der Waals surface area (Å²) in [6.07, 6.45) is 3.87. The van der Waals surface area contributed by atoms with Gasteiger partial charge in [-0.2, -0.15) is 4.72 Å². The van der Waals surface area contributed by atoms with Gasteiger partial charge in [-0.1, -0.05) is 0 Å². The number of carboxylic acids is 1. The minimum Gasteiger partial charge on any atom is -0.493 e. The molecule has 1 aliphatic heterocycles. The Morgan fingerprint density at radius 3 is 2.65 bits per heavy atom. The summed E-state index contributed by atoms with van der Waals surface area (Å²) in [5.41, 5.74) is 2.57. The van der Waals surface area contributed by atoms with Gasteiger partial charge in [-0.25, -0.2) is 18.4 Å². The number of hydrogen-bond donors (Lipinski definition) is 2. The smallest absolute Gasteiger partial charge is 0.318 e. The number of carbonyl (C=O) groups is 2. The number of carbonyl (C=O) groups excluding carboxylic acids is 1. The molecule has 1 amide bonds. The molecule has 3 heterocycles. The Morgan fingerprint density at radius 2 is 1.95 bits per heavy atom. The minimum atomic E-state index is -3.95. The predicted octanol–water partition coefficient (Wildman–Crippen LogP) is 2.52. The van der Waals surface area contributed by atoms with Crippen LogP contribution >= 0.6 is 0 Å². The molecule has 1 aliphatic rings. The second-order valence-corrected chi connectivity index (χ2v) is 10.2. The molecule has 1 aromatic carbocycles. The quantitative estimate of drug-likeness (QED) is 0.431. The molecule has 2 aromatic heterocycles. The number of ether oxygens (including phenoxy) is 1. The predicted molar refractivity (Wildman–Crippen MR) is 137 cm³/mol. The van der Waals surface area contributed by atoms with Crippen LogP contribution in [-0.2, 0) is 21.2 Å². The van der Waals surface area contributed by atoms with E-state index < -0.39 is 22.5 Å². The first-order valence-corrected chi connectivity index (χ1v) is 13.0. The number of aliphatic carboxylic acids is 1. The van der Waals surface area contributed by atoms with Crippen LogP contribution in [0, 0.1) is 6.92 Å². The maximum atomic E-state index is 13.3. The van der Waals surface area contributed by atoms with Gasteiger partial charge in [0, 0.05) is 32.4 Å². The SMILES string of the molecule is CCN1c2ncc(CCOc3ccc(S(=O)(=O)NCC(=O)O)cc3C)cc2C(=O)N(C)c2cccnc21. The van der Waals surface area contributed by atoms with E-state index in [1.807, 2.05) is 28.7 Å². The van der Waals surface area contributed by atoms with Crippen molar-refractivity contribution in [3.05, 3.63) is 65.5 Å². The maximum absolute atomic E-state index is 13.3. The molecule has 0 saturated heterocycles. The zero-order valence-corrected chi connectivity index (χ0v) is 21.4. The molecule has 0 atom stereocenters. The van der Waals surface area contributed by atoms with Gasteiger partial charge in [0.25, 0.3) is 5.91 Å². The zero-order valence-electron chi connectivity index (χ0n) is 20.6. The molecule has 3 aromatic rings. The van der Waals surface area contributed by atoms with Gasteiger partial charge >= 0.3 is 5.97 Å². The van der Waals surface area contributed by atoms with Crippen LogP contribution in [0.15, 0.2) is 53.7 Å². The number of amides is 1. The molecule has 11 nitrogen and oxygen atoms in total. The van der Waals surface area contributed by atoms with E-state index in [1.54, 1.807) is 37.3 Å². The number of pyridine rings is 2. The summed E-state index contributed by atoms with van der Waals surface area (Å²) >= 11 is 0. The number of hydrogen-bond acceptors (Lipinski definition) is 8. The molecule has 12 heteroatoms. The van der Waals surface area contributed by atoms with Crippen LogP contribution < -0.4 is 19.3 Å². The summed E-state index contributed by atoms with van der Waals surface area (Å²) in [6.45, 7) is 3.83. The third-order valence-electron chi connectivity index (χ3n) is 5.93. The Morgan fingerprint density at radius 1 is 1.16 bits per heavy atom. The first kappa shape index (κ1) is 26.0. The number of nitrogens with zero attached hydrogens (tertiary/aromatic N) is 4. The third kappa shape index (κ3) is 5.39. The molecule has 0 bridgehead atoms. The summed E-state index contributed by atoms with van der Waals surface area (Å²) in [7, 11) is -2.23. The van der Waals surface area contributed by atoms with Crippen molar-refractivity contribution in [1.29, 1.82) is 0 Å². The van der Waals surface area contributed by atoms with E-state index in [2.05, 4.69) is 9.97 Å². The molecule has 194 valence electrons. The summed E-state index contributed by atoms with van der Waals surface area (Å²) in [5, 5.41) is 8.71. The van der Waals surface area contributed by atoms with E-state index in [4.69, 9.17) is 9.84 Å². The summed E-state index contributed by atoms with van der Waals surface area (Å²) in [6, 6.07) is 9.76. The van der Waals surface area contributed by atoms with Crippen molar-refractivity contribution in [2.45, 2.75) is 25.2 Å². The summed E-state index contributed by atoms with van der Waals surface area (Å²) in [5.74, 6) is 0.256. The second kappa shape index (κ2) is 10.5. The Labute approximate surface area is 214 Å². The third-order valence-corrected chi connectivity index (χ3v) is 7.33. The largest absolute Gasteiger partial charge is 0.493 e. The highest BCUT2D eigenvalue weighted by atomic mass is 32.2. The van der Waals surface area contributed by atoms with Crippen molar-refractivity contribution in [3.8, 4) is 5.75 Å². The first-order chi connectivity index (χ1) is 17.6. The second-order valence-electron chi connectivity index (χ2n) is 8.41. The number of aromatic nitrogens is 2. The first-order valence-electron chi connectivity index (χ1n) is 11.6. The van der Waals surface area contributed by atoms with E-state index in [9.17, 15) is 18.0 Å². The maximum Gasteiger partial charge on any atom is 0.318 e. The highest BCUT2D eigenvalue weighted by Crippen LogP contribution is 2.37. The van der Waals surface area contributed by atoms with E-state index in [0.717, 1.165) is 5.56 Å². The fraction of sp³-hybridized carbons (Fsp3) is 0.280. The topological polar surface area (TPSA) is 142 Å². The summed E-state index contributed by atoms with van der Waals surface area (Å²) < 4.78 is 32.4. The Kier molecular flexibility index (Phi) is 7.41. The lowest BCUT2D eigenvalue weighted by molar-refractivity contribution is -0.135. The van der Waals surface area contributed by atoms with Crippen LogP contribution in [0.5, 0.6) is 5.75 Å². The molecule has 37 heavy (non-hydrogen) atoms. The molecule has 4 rings (SSSR count). The van der Waals surface area contributed by atoms with Gasteiger partial charge in [-0.15, -0.1) is 0 Å².